The Hall–Kier alpha value is -2.52. The highest BCUT2D eigenvalue weighted by molar-refractivity contribution is 8.00. The summed E-state index contributed by atoms with van der Waals surface area (Å²) in [5, 5.41) is 12.7. The van der Waals surface area contributed by atoms with Crippen molar-refractivity contribution in [2.45, 2.75) is 25.3 Å². The van der Waals surface area contributed by atoms with Crippen LogP contribution < -0.4 is 15.4 Å². The third-order valence-electron chi connectivity index (χ3n) is 4.18. The Morgan fingerprint density at radius 1 is 1.36 bits per heavy atom. The van der Waals surface area contributed by atoms with Crippen LogP contribution >= 0.6 is 23.4 Å². The van der Waals surface area contributed by atoms with E-state index in [0.717, 1.165) is 5.57 Å². The third kappa shape index (κ3) is 4.15. The van der Waals surface area contributed by atoms with Gasteiger partial charge in [0.2, 0.25) is 0 Å². The largest absolute Gasteiger partial charge is 0.484 e. The van der Waals surface area contributed by atoms with E-state index < -0.39 is 17.9 Å². The SMILES string of the molecule is CC(=N)NC(=O)C1=C(C)CS[C@@H]2[C@H](NC(=O)COc3ccc(Cl)cc3)C(=O)N12. The fourth-order valence-corrected chi connectivity index (χ4v) is 4.34. The summed E-state index contributed by atoms with van der Waals surface area (Å²) in [7, 11) is 0. The second-order valence-electron chi connectivity index (χ2n) is 6.41. The quantitative estimate of drug-likeness (QED) is 0.378. The van der Waals surface area contributed by atoms with E-state index in [4.69, 9.17) is 21.7 Å². The number of ether oxygens (including phenoxy) is 1. The fourth-order valence-electron chi connectivity index (χ4n) is 2.92. The van der Waals surface area contributed by atoms with Gasteiger partial charge in [-0.2, -0.15) is 0 Å². The average molecular weight is 423 g/mol. The molecule has 0 aliphatic carbocycles. The van der Waals surface area contributed by atoms with Gasteiger partial charge in [0, 0.05) is 10.8 Å². The van der Waals surface area contributed by atoms with Gasteiger partial charge in [0.25, 0.3) is 17.7 Å². The van der Waals surface area contributed by atoms with Crippen molar-refractivity contribution in [1.29, 1.82) is 5.41 Å². The summed E-state index contributed by atoms with van der Waals surface area (Å²) < 4.78 is 5.38. The Kier molecular flexibility index (Phi) is 5.95. The summed E-state index contributed by atoms with van der Waals surface area (Å²) in [6.45, 7) is 2.99. The van der Waals surface area contributed by atoms with Crippen LogP contribution in [0.4, 0.5) is 0 Å². The summed E-state index contributed by atoms with van der Waals surface area (Å²) in [5.74, 6) is -0.225. The molecule has 0 radical (unpaired) electrons. The number of rotatable bonds is 5. The first-order chi connectivity index (χ1) is 13.3. The molecule has 28 heavy (non-hydrogen) atoms. The zero-order valence-corrected chi connectivity index (χ0v) is 16.8. The molecule has 0 saturated carbocycles. The maximum absolute atomic E-state index is 12.6. The van der Waals surface area contributed by atoms with Crippen molar-refractivity contribution in [3.63, 3.8) is 0 Å². The molecule has 2 aliphatic heterocycles. The fraction of sp³-hybridized carbons (Fsp3) is 0.333. The summed E-state index contributed by atoms with van der Waals surface area (Å²) >= 11 is 7.27. The predicted octanol–water partition coefficient (Wildman–Crippen LogP) is 1.51. The van der Waals surface area contributed by atoms with Gasteiger partial charge in [-0.15, -0.1) is 11.8 Å². The Morgan fingerprint density at radius 3 is 2.68 bits per heavy atom. The molecule has 1 saturated heterocycles. The van der Waals surface area contributed by atoms with Crippen LogP contribution in [0.5, 0.6) is 5.75 Å². The molecule has 148 valence electrons. The van der Waals surface area contributed by atoms with Crippen molar-refractivity contribution in [1.82, 2.24) is 15.5 Å². The normalized spacial score (nSPS) is 20.8. The maximum atomic E-state index is 12.6. The lowest BCUT2D eigenvalue weighted by molar-refractivity contribution is -0.148. The lowest BCUT2D eigenvalue weighted by Crippen LogP contribution is -2.71. The second-order valence-corrected chi connectivity index (χ2v) is 7.95. The van der Waals surface area contributed by atoms with Crippen LogP contribution in [0.15, 0.2) is 35.5 Å². The number of amidine groups is 1. The van der Waals surface area contributed by atoms with Gasteiger partial charge >= 0.3 is 0 Å². The number of halogens is 1. The van der Waals surface area contributed by atoms with Crippen molar-refractivity contribution in [3.8, 4) is 5.75 Å². The molecule has 0 unspecified atom stereocenters. The first-order valence-corrected chi connectivity index (χ1v) is 9.89. The van der Waals surface area contributed by atoms with Crippen LogP contribution in [0.2, 0.25) is 5.02 Å². The number of carbonyl (C=O) groups excluding carboxylic acids is 3. The van der Waals surface area contributed by atoms with Crippen molar-refractivity contribution >= 4 is 46.9 Å². The summed E-state index contributed by atoms with van der Waals surface area (Å²) in [6, 6.07) is 5.87. The van der Waals surface area contributed by atoms with Crippen LogP contribution in [-0.4, -0.2) is 52.2 Å². The standard InChI is InChI=1S/C18H19ClN4O4S/c1-9-8-28-18-14(17(26)23(18)15(9)16(25)21-10(2)20)22-13(24)7-27-12-5-3-11(19)4-6-12/h3-6,14,18H,7-8H2,1-2H3,(H,22,24)(H2,20,21,25)/t14-,18-/m1/s1. The molecule has 3 N–H and O–H groups in total. The van der Waals surface area contributed by atoms with Gasteiger partial charge in [-0.25, -0.2) is 0 Å². The highest BCUT2D eigenvalue weighted by Crippen LogP contribution is 2.40. The number of nitrogens with zero attached hydrogens (tertiary/aromatic N) is 1. The van der Waals surface area contributed by atoms with Crippen LogP contribution in [0.25, 0.3) is 0 Å². The Bertz CT molecular complexity index is 871. The molecule has 3 rings (SSSR count). The van der Waals surface area contributed by atoms with Gasteiger partial charge in [-0.1, -0.05) is 11.6 Å². The maximum Gasteiger partial charge on any atom is 0.273 e. The molecule has 0 aromatic heterocycles. The van der Waals surface area contributed by atoms with Gasteiger partial charge < -0.3 is 15.4 Å². The smallest absolute Gasteiger partial charge is 0.273 e. The lowest BCUT2D eigenvalue weighted by Gasteiger charge is -2.49. The molecular weight excluding hydrogens is 404 g/mol. The molecule has 8 nitrogen and oxygen atoms in total. The first kappa shape index (κ1) is 20.2. The van der Waals surface area contributed by atoms with E-state index >= 15 is 0 Å². The molecular formula is C18H19ClN4O4S. The molecule has 1 fully saturated rings. The highest BCUT2D eigenvalue weighted by Gasteiger charge is 2.53. The molecule has 1 aromatic rings. The summed E-state index contributed by atoms with van der Waals surface area (Å²) in [5.41, 5.74) is 1.01. The van der Waals surface area contributed by atoms with Crippen molar-refractivity contribution in [2.75, 3.05) is 12.4 Å². The van der Waals surface area contributed by atoms with Gasteiger partial charge in [0.1, 0.15) is 22.9 Å². The number of hydrogen-bond acceptors (Lipinski definition) is 6. The van der Waals surface area contributed by atoms with Crippen LogP contribution in [0, 0.1) is 5.41 Å². The molecule has 0 spiro atoms. The summed E-state index contributed by atoms with van der Waals surface area (Å²) in [4.78, 5) is 38.5. The topological polar surface area (TPSA) is 112 Å². The van der Waals surface area contributed by atoms with Gasteiger partial charge in [-0.05, 0) is 43.7 Å². The van der Waals surface area contributed by atoms with Crippen LogP contribution in [-0.2, 0) is 14.4 Å². The minimum atomic E-state index is -0.719. The predicted molar refractivity (Wildman–Crippen MR) is 106 cm³/mol. The van der Waals surface area contributed by atoms with Gasteiger partial charge in [-0.3, -0.25) is 24.7 Å². The highest BCUT2D eigenvalue weighted by atomic mass is 35.5. The summed E-state index contributed by atoms with van der Waals surface area (Å²) in [6.07, 6.45) is 0. The van der Waals surface area contributed by atoms with E-state index in [2.05, 4.69) is 10.6 Å². The number of β-lactam (4-membered cyclic amide) rings is 1. The molecule has 2 atom stereocenters. The van der Waals surface area contributed by atoms with Crippen molar-refractivity contribution in [2.24, 2.45) is 0 Å². The number of nitrogens with one attached hydrogen (secondary N) is 3. The zero-order chi connectivity index (χ0) is 20.4. The number of carbonyl (C=O) groups is 3. The van der Waals surface area contributed by atoms with E-state index in [9.17, 15) is 14.4 Å². The van der Waals surface area contributed by atoms with Crippen molar-refractivity contribution in [3.05, 3.63) is 40.6 Å². The monoisotopic (exact) mass is 422 g/mol. The number of fused-ring (bicyclic) bond motifs is 1. The first-order valence-electron chi connectivity index (χ1n) is 8.46. The minimum Gasteiger partial charge on any atom is -0.484 e. The number of hydrogen-bond donors (Lipinski definition) is 3. The molecule has 0 bridgehead atoms. The number of thioether (sulfide) groups is 1. The third-order valence-corrected chi connectivity index (χ3v) is 5.85. The lowest BCUT2D eigenvalue weighted by atomic mass is 10.0. The van der Waals surface area contributed by atoms with Crippen LogP contribution in [0.1, 0.15) is 13.8 Å². The Morgan fingerprint density at radius 2 is 2.04 bits per heavy atom. The van der Waals surface area contributed by atoms with E-state index in [-0.39, 0.29) is 29.4 Å². The minimum absolute atomic E-state index is 0.00255. The van der Waals surface area contributed by atoms with Crippen LogP contribution in [0.3, 0.4) is 0 Å². The molecule has 10 heteroatoms. The Labute approximate surface area is 171 Å². The number of benzene rings is 1. The molecule has 1 aromatic carbocycles. The molecule has 2 aliphatic rings. The molecule has 3 amide bonds. The number of amides is 3. The van der Waals surface area contributed by atoms with E-state index in [1.54, 1.807) is 31.2 Å². The average Bonchev–Trinajstić information content (AvgIpc) is 2.64. The second kappa shape index (κ2) is 8.24. The van der Waals surface area contributed by atoms with E-state index in [0.29, 0.717) is 16.5 Å². The Balaban J connectivity index is 1.60. The van der Waals surface area contributed by atoms with E-state index in [1.165, 1.54) is 23.6 Å². The van der Waals surface area contributed by atoms with E-state index in [1.807, 2.05) is 0 Å². The van der Waals surface area contributed by atoms with Gasteiger partial charge in [0.15, 0.2) is 6.61 Å². The molecule has 2 heterocycles. The van der Waals surface area contributed by atoms with Crippen molar-refractivity contribution < 1.29 is 19.1 Å². The van der Waals surface area contributed by atoms with Gasteiger partial charge in [0.05, 0.1) is 5.84 Å². The zero-order valence-electron chi connectivity index (χ0n) is 15.2.